The molecule has 112 valence electrons. The lowest BCUT2D eigenvalue weighted by Crippen LogP contribution is -2.40. The first-order valence-electron chi connectivity index (χ1n) is 6.49. The number of carbonyl (C=O) groups excluding carboxylic acids is 2. The van der Waals surface area contributed by atoms with Crippen LogP contribution in [0, 0.1) is 5.92 Å². The Kier molecular flexibility index (Phi) is 6.17. The highest BCUT2D eigenvalue weighted by molar-refractivity contribution is 6.07. The fourth-order valence-corrected chi connectivity index (χ4v) is 1.77. The summed E-state index contributed by atoms with van der Waals surface area (Å²) in [4.78, 5) is 33.8. The van der Waals surface area contributed by atoms with Crippen molar-refractivity contribution in [2.75, 3.05) is 19.8 Å². The number of amides is 3. The van der Waals surface area contributed by atoms with E-state index in [0.717, 1.165) is 19.4 Å². The zero-order valence-corrected chi connectivity index (χ0v) is 11.7. The van der Waals surface area contributed by atoms with Gasteiger partial charge in [0.1, 0.15) is 0 Å². The van der Waals surface area contributed by atoms with Crippen LogP contribution in [0.4, 0.5) is 4.79 Å². The van der Waals surface area contributed by atoms with Gasteiger partial charge >= 0.3 is 12.0 Å². The molecule has 1 heterocycles. The summed E-state index contributed by atoms with van der Waals surface area (Å²) in [5.74, 6) is -1.44. The zero-order chi connectivity index (χ0) is 15.1. The Bertz CT molecular complexity index is 424. The van der Waals surface area contributed by atoms with Gasteiger partial charge in [0.05, 0.1) is 0 Å². The van der Waals surface area contributed by atoms with E-state index >= 15 is 0 Å². The second-order valence-electron chi connectivity index (χ2n) is 4.78. The van der Waals surface area contributed by atoms with Gasteiger partial charge in [0, 0.05) is 30.9 Å². The van der Waals surface area contributed by atoms with Gasteiger partial charge in [0.2, 0.25) is 0 Å². The summed E-state index contributed by atoms with van der Waals surface area (Å²) in [6.07, 6.45) is 1.78. The first-order valence-corrected chi connectivity index (χ1v) is 6.49. The van der Waals surface area contributed by atoms with Crippen LogP contribution >= 0.6 is 0 Å². The molecule has 1 saturated heterocycles. The molecule has 0 saturated carbocycles. The smallest absolute Gasteiger partial charge is 0.331 e. The predicted octanol–water partition coefficient (Wildman–Crippen LogP) is 0.660. The Labute approximate surface area is 117 Å². The van der Waals surface area contributed by atoms with E-state index in [2.05, 4.69) is 10.6 Å². The number of rotatable bonds is 5. The van der Waals surface area contributed by atoms with Gasteiger partial charge in [-0.3, -0.25) is 10.1 Å². The molecule has 1 aliphatic heterocycles. The molecule has 7 nitrogen and oxygen atoms in total. The van der Waals surface area contributed by atoms with Crippen LogP contribution in [-0.4, -0.2) is 42.8 Å². The van der Waals surface area contributed by atoms with Crippen molar-refractivity contribution in [1.29, 1.82) is 0 Å². The lowest BCUT2D eigenvalue weighted by atomic mass is 10.1. The SMILES string of the molecule is CC(C(=O)O)=C(C)C(=O)NC(=O)NCCC1CCOC1. The first-order chi connectivity index (χ1) is 9.41. The third kappa shape index (κ3) is 5.00. The summed E-state index contributed by atoms with van der Waals surface area (Å²) in [7, 11) is 0. The van der Waals surface area contributed by atoms with Gasteiger partial charge in [-0.15, -0.1) is 0 Å². The van der Waals surface area contributed by atoms with Gasteiger partial charge in [0.15, 0.2) is 0 Å². The van der Waals surface area contributed by atoms with E-state index in [0.29, 0.717) is 19.1 Å². The van der Waals surface area contributed by atoms with Gasteiger partial charge in [0.25, 0.3) is 5.91 Å². The number of aliphatic carboxylic acids is 1. The Morgan fingerprint density at radius 3 is 2.50 bits per heavy atom. The minimum absolute atomic E-state index is 0.0110. The van der Waals surface area contributed by atoms with Gasteiger partial charge in [-0.05, 0) is 32.6 Å². The first kappa shape index (κ1) is 16.2. The molecule has 1 unspecified atom stereocenters. The molecule has 0 aliphatic carbocycles. The number of hydrogen-bond donors (Lipinski definition) is 3. The van der Waals surface area contributed by atoms with Crippen molar-refractivity contribution < 1.29 is 24.2 Å². The number of carbonyl (C=O) groups is 3. The summed E-state index contributed by atoms with van der Waals surface area (Å²) in [6.45, 7) is 4.60. The summed E-state index contributed by atoms with van der Waals surface area (Å²) >= 11 is 0. The molecule has 0 spiro atoms. The number of carboxylic acids is 1. The van der Waals surface area contributed by atoms with Crippen LogP contribution < -0.4 is 10.6 Å². The minimum Gasteiger partial charge on any atom is -0.478 e. The van der Waals surface area contributed by atoms with Crippen molar-refractivity contribution in [1.82, 2.24) is 10.6 Å². The maximum Gasteiger partial charge on any atom is 0.331 e. The highest BCUT2D eigenvalue weighted by Crippen LogP contribution is 2.15. The average Bonchev–Trinajstić information content (AvgIpc) is 2.89. The fourth-order valence-electron chi connectivity index (χ4n) is 1.77. The van der Waals surface area contributed by atoms with E-state index in [4.69, 9.17) is 9.84 Å². The van der Waals surface area contributed by atoms with Crippen molar-refractivity contribution in [2.45, 2.75) is 26.7 Å². The van der Waals surface area contributed by atoms with Crippen LogP contribution in [-0.2, 0) is 14.3 Å². The largest absolute Gasteiger partial charge is 0.478 e. The fraction of sp³-hybridized carbons (Fsp3) is 0.615. The van der Waals surface area contributed by atoms with Crippen LogP contribution in [0.5, 0.6) is 0 Å². The highest BCUT2D eigenvalue weighted by atomic mass is 16.5. The molecule has 3 N–H and O–H groups in total. The lowest BCUT2D eigenvalue weighted by molar-refractivity contribution is -0.133. The third-order valence-electron chi connectivity index (χ3n) is 3.31. The molecule has 0 aromatic rings. The number of urea groups is 1. The zero-order valence-electron chi connectivity index (χ0n) is 11.7. The van der Waals surface area contributed by atoms with Crippen molar-refractivity contribution in [3.63, 3.8) is 0 Å². The Hall–Kier alpha value is -1.89. The molecule has 3 amide bonds. The maximum atomic E-state index is 11.6. The molecule has 1 fully saturated rings. The van der Waals surface area contributed by atoms with Crippen molar-refractivity contribution >= 4 is 17.9 Å². The molecule has 0 radical (unpaired) electrons. The van der Waals surface area contributed by atoms with Gasteiger partial charge in [-0.25, -0.2) is 9.59 Å². The van der Waals surface area contributed by atoms with Gasteiger partial charge in [-0.2, -0.15) is 0 Å². The van der Waals surface area contributed by atoms with Crippen LogP contribution in [0.25, 0.3) is 0 Å². The summed E-state index contributed by atoms with van der Waals surface area (Å²) in [5.41, 5.74) is -0.0738. The van der Waals surface area contributed by atoms with Crippen LogP contribution in [0.1, 0.15) is 26.7 Å². The molecule has 0 aromatic heterocycles. The number of carboxylic acid groups (broad SMARTS) is 1. The number of ether oxygens (including phenoxy) is 1. The van der Waals surface area contributed by atoms with Crippen LogP contribution in [0.2, 0.25) is 0 Å². The van der Waals surface area contributed by atoms with Gasteiger partial charge < -0.3 is 15.2 Å². The molecule has 0 bridgehead atoms. The van der Waals surface area contributed by atoms with Crippen molar-refractivity contribution in [2.24, 2.45) is 5.92 Å². The minimum atomic E-state index is -1.18. The third-order valence-corrected chi connectivity index (χ3v) is 3.31. The number of nitrogens with one attached hydrogen (secondary N) is 2. The van der Waals surface area contributed by atoms with E-state index in [9.17, 15) is 14.4 Å². The number of imide groups is 1. The normalized spacial score (nSPS) is 19.2. The number of hydrogen-bond acceptors (Lipinski definition) is 4. The van der Waals surface area contributed by atoms with E-state index in [1.54, 1.807) is 0 Å². The Balaban J connectivity index is 2.32. The lowest BCUT2D eigenvalue weighted by Gasteiger charge is -2.10. The van der Waals surface area contributed by atoms with Crippen LogP contribution in [0.15, 0.2) is 11.1 Å². The molecular weight excluding hydrogens is 264 g/mol. The van der Waals surface area contributed by atoms with E-state index in [1.807, 2.05) is 0 Å². The monoisotopic (exact) mass is 284 g/mol. The van der Waals surface area contributed by atoms with Crippen molar-refractivity contribution in [3.05, 3.63) is 11.1 Å². The molecule has 1 atom stereocenters. The Morgan fingerprint density at radius 1 is 1.25 bits per heavy atom. The summed E-state index contributed by atoms with van der Waals surface area (Å²) in [6, 6.07) is -0.619. The highest BCUT2D eigenvalue weighted by Gasteiger charge is 2.17. The molecule has 0 aromatic carbocycles. The van der Waals surface area contributed by atoms with E-state index < -0.39 is 17.9 Å². The summed E-state index contributed by atoms with van der Waals surface area (Å²) < 4.78 is 5.22. The average molecular weight is 284 g/mol. The molecular formula is C13H20N2O5. The van der Waals surface area contributed by atoms with E-state index in [-0.39, 0.29) is 11.1 Å². The standard InChI is InChI=1S/C13H20N2O5/c1-8(9(2)12(17)18)11(16)15-13(19)14-5-3-10-4-6-20-7-10/h10H,3-7H2,1-2H3,(H,17,18)(H2,14,15,16,19). The molecule has 7 heteroatoms. The molecule has 1 rings (SSSR count). The Morgan fingerprint density at radius 2 is 1.95 bits per heavy atom. The second-order valence-corrected chi connectivity index (χ2v) is 4.78. The maximum absolute atomic E-state index is 11.6. The van der Waals surface area contributed by atoms with Gasteiger partial charge in [-0.1, -0.05) is 0 Å². The van der Waals surface area contributed by atoms with Crippen molar-refractivity contribution in [3.8, 4) is 0 Å². The second kappa shape index (κ2) is 7.64. The summed E-state index contributed by atoms with van der Waals surface area (Å²) in [5, 5.41) is 13.4. The predicted molar refractivity (Wildman–Crippen MR) is 71.1 cm³/mol. The quantitative estimate of drug-likeness (QED) is 0.643. The van der Waals surface area contributed by atoms with E-state index in [1.165, 1.54) is 13.8 Å². The topological polar surface area (TPSA) is 105 Å². The molecule has 20 heavy (non-hydrogen) atoms. The molecule has 1 aliphatic rings. The van der Waals surface area contributed by atoms with Crippen LogP contribution in [0.3, 0.4) is 0 Å².